The van der Waals surface area contributed by atoms with Gasteiger partial charge in [0.15, 0.2) is 0 Å². The molecule has 3 aliphatic heterocycles. The van der Waals surface area contributed by atoms with E-state index < -0.39 is 121 Å². The molecule has 4 aromatic rings. The van der Waals surface area contributed by atoms with Gasteiger partial charge in [0.2, 0.25) is 5.91 Å². The Hall–Kier alpha value is -7.22. The third-order valence-corrected chi connectivity index (χ3v) is 14.7. The van der Waals surface area contributed by atoms with Crippen LogP contribution in [0.25, 0.3) is 11.3 Å². The Kier molecular flexibility index (Phi) is 18.9. The SMILES string of the molecule is COC(=O)N[C@H](C(=O)N[C@@H](Cc1ccc(C#Cc2ccc(N3C[C@H]4C[C@@H]3CN4C3COC3)nc2)cc1)[C@@H](O)CN(Cc1c(F)cc(-c2ccn(CC(F)F)n2)cc1F)NC(=O)[C@@H](NC(=O)OC)C(C)(C)C(F)(F)F)C(C)(C)C(F)(F)F. The van der Waals surface area contributed by atoms with Crippen molar-refractivity contribution in [1.82, 2.24) is 46.0 Å². The maximum absolute atomic E-state index is 16.1. The molecule has 5 N–H and O–H groups in total. The largest absolute Gasteiger partial charge is 0.453 e. The zero-order valence-corrected chi connectivity index (χ0v) is 44.6. The van der Waals surface area contributed by atoms with E-state index in [0.29, 0.717) is 62.0 Å². The van der Waals surface area contributed by atoms with E-state index in [1.54, 1.807) is 23.6 Å². The first-order valence-corrected chi connectivity index (χ1v) is 25.3. The lowest BCUT2D eigenvalue weighted by atomic mass is 9.82. The zero-order chi connectivity index (χ0) is 59.4. The van der Waals surface area contributed by atoms with Crippen LogP contribution in [-0.2, 0) is 43.3 Å². The van der Waals surface area contributed by atoms with Crippen molar-refractivity contribution < 1.29 is 82.4 Å². The van der Waals surface area contributed by atoms with Crippen LogP contribution in [0.2, 0.25) is 0 Å². The third kappa shape index (κ3) is 14.5. The van der Waals surface area contributed by atoms with Gasteiger partial charge in [0.05, 0.1) is 62.1 Å². The van der Waals surface area contributed by atoms with Crippen molar-refractivity contribution in [2.24, 2.45) is 10.8 Å². The Bertz CT molecular complexity index is 2920. The fourth-order valence-electron chi connectivity index (χ4n) is 9.54. The number of carbonyl (C=O) groups excluding carboxylic acids is 4. The van der Waals surface area contributed by atoms with Crippen LogP contribution in [0.1, 0.15) is 56.4 Å². The lowest BCUT2D eigenvalue weighted by molar-refractivity contribution is -0.221. The number of methoxy groups -OCH3 is 2. The van der Waals surface area contributed by atoms with Gasteiger partial charge in [0.25, 0.3) is 12.3 Å². The summed E-state index contributed by atoms with van der Waals surface area (Å²) in [5.41, 5.74) is -4.09. The van der Waals surface area contributed by atoms with Crippen LogP contribution in [0.15, 0.2) is 67.0 Å². The predicted octanol–water partition coefficient (Wildman–Crippen LogP) is 6.10. The van der Waals surface area contributed by atoms with E-state index in [1.165, 1.54) is 18.2 Å². The third-order valence-electron chi connectivity index (χ3n) is 14.7. The van der Waals surface area contributed by atoms with E-state index in [0.717, 1.165) is 75.8 Å². The molecule has 5 heterocycles. The predicted molar refractivity (Wildman–Crippen MR) is 270 cm³/mol. The Balaban J connectivity index is 1.18. The van der Waals surface area contributed by atoms with E-state index in [-0.39, 0.29) is 16.8 Å². The van der Waals surface area contributed by atoms with Crippen molar-refractivity contribution in [2.75, 3.05) is 52.0 Å². The highest BCUT2D eigenvalue weighted by Crippen LogP contribution is 2.42. The average Bonchev–Trinajstić information content (AvgIpc) is 4.37. The molecule has 3 saturated heterocycles. The minimum Gasteiger partial charge on any atom is -0.453 e. The molecule has 3 fully saturated rings. The number of carbonyl (C=O) groups is 4. The number of hydrogen-bond acceptors (Lipinski definition) is 13. The second-order valence-electron chi connectivity index (χ2n) is 21.0. The van der Waals surface area contributed by atoms with Gasteiger partial charge >= 0.3 is 24.5 Å². The van der Waals surface area contributed by atoms with Crippen molar-refractivity contribution >= 4 is 29.8 Å². The molecule has 2 aromatic carbocycles. The summed E-state index contributed by atoms with van der Waals surface area (Å²) in [6.07, 6.45) is -15.0. The number of pyridine rings is 1. The monoisotopic (exact) mass is 1150 g/mol. The molecule has 18 nitrogen and oxygen atoms in total. The zero-order valence-electron chi connectivity index (χ0n) is 44.6. The smallest absolute Gasteiger partial charge is 0.407 e. The number of rotatable bonds is 20. The van der Waals surface area contributed by atoms with Gasteiger partial charge in [0.1, 0.15) is 36.1 Å². The Morgan fingerprint density at radius 3 is 1.88 bits per heavy atom. The Morgan fingerprint density at radius 1 is 0.790 bits per heavy atom. The Morgan fingerprint density at radius 2 is 1.37 bits per heavy atom. The van der Waals surface area contributed by atoms with Crippen molar-refractivity contribution in [1.29, 1.82) is 0 Å². The molecule has 28 heteroatoms. The topological polar surface area (TPSA) is 205 Å². The van der Waals surface area contributed by atoms with Crippen LogP contribution in [0.4, 0.5) is 59.3 Å². The summed E-state index contributed by atoms with van der Waals surface area (Å²) < 4.78 is 161. The molecular formula is C53H60F10N10O8. The number of fused-ring (bicyclic) bond motifs is 2. The van der Waals surface area contributed by atoms with Gasteiger partial charge in [0, 0.05) is 72.9 Å². The standard InChI is InChI=1S/C53H60F10N10O8/c1-50(2,52(58,59)60)44(66-48(77)79-5)46(75)65-40(17-30-10-7-29(8-11-30)9-12-31-13-14-43(64-21-31)73-23-33-20-34(73)22-72(33)35-27-81-28-35)41(74)25-71(69-47(76)45(67-49(78)80-6)51(3,4)53(61,62)63)24-36-37(54)18-32(19-38(36)55)39-15-16-70(68-39)26-42(56)57/h7-8,10-11,13-16,18-19,21,33-35,40-42,44-45,74H,17,20,22-28H2,1-6H3,(H,65,75)(H,66,77)(H,67,78)(H,69,76)/t33-,34-,40+,41+,44-,45-/m1/s1. The molecule has 81 heavy (non-hydrogen) atoms. The van der Waals surface area contributed by atoms with Crippen LogP contribution >= 0.6 is 0 Å². The number of alkyl carbamates (subject to hydrolysis) is 2. The number of amides is 4. The number of ether oxygens (including phenoxy) is 3. The molecule has 0 aliphatic carbocycles. The fraction of sp³-hybridized carbons (Fsp3) is 0.509. The first-order valence-electron chi connectivity index (χ1n) is 25.3. The number of aliphatic hydroxyl groups excluding tert-OH is 1. The molecule has 0 unspecified atom stereocenters. The number of nitrogens with one attached hydrogen (secondary N) is 4. The number of likely N-dealkylation sites (tertiary alicyclic amines) is 1. The van der Waals surface area contributed by atoms with Gasteiger partial charge in [-0.3, -0.25) is 24.6 Å². The molecule has 6 atom stereocenters. The minimum atomic E-state index is -5.23. The second kappa shape index (κ2) is 24.9. The fourth-order valence-corrected chi connectivity index (χ4v) is 9.54. The van der Waals surface area contributed by atoms with Crippen LogP contribution in [0.3, 0.4) is 0 Å². The van der Waals surface area contributed by atoms with Crippen LogP contribution in [0, 0.1) is 34.3 Å². The number of piperazine rings is 1. The number of anilines is 1. The molecule has 0 radical (unpaired) electrons. The number of halogens is 10. The van der Waals surface area contributed by atoms with Gasteiger partial charge in [-0.2, -0.15) is 31.4 Å². The van der Waals surface area contributed by atoms with Crippen LogP contribution in [-0.4, -0.2) is 162 Å². The normalized spacial score (nSPS) is 18.3. The molecule has 4 amide bonds. The van der Waals surface area contributed by atoms with E-state index >= 15 is 8.78 Å². The molecule has 3 aliphatic rings. The van der Waals surface area contributed by atoms with Crippen LogP contribution < -0.4 is 26.3 Å². The summed E-state index contributed by atoms with van der Waals surface area (Å²) in [7, 11) is 1.61. The van der Waals surface area contributed by atoms with E-state index in [2.05, 4.69) is 46.5 Å². The quantitative estimate of drug-likeness (QED) is 0.0386. The molecule has 440 valence electrons. The molecule has 0 saturated carbocycles. The van der Waals surface area contributed by atoms with Gasteiger partial charge in [-0.05, 0) is 88.6 Å². The maximum atomic E-state index is 16.1. The van der Waals surface area contributed by atoms with Crippen molar-refractivity contribution in [2.45, 2.75) is 115 Å². The summed E-state index contributed by atoms with van der Waals surface area (Å²) in [6, 6.07) is 6.88. The summed E-state index contributed by atoms with van der Waals surface area (Å²) in [5.74, 6) is 0.889. The number of aliphatic hydroxyl groups is 1. The molecule has 0 spiro atoms. The van der Waals surface area contributed by atoms with Crippen molar-refractivity contribution in [3.63, 3.8) is 0 Å². The summed E-state index contributed by atoms with van der Waals surface area (Å²) in [4.78, 5) is 62.4. The van der Waals surface area contributed by atoms with E-state index in [4.69, 9.17) is 4.74 Å². The van der Waals surface area contributed by atoms with E-state index in [1.807, 2.05) is 22.9 Å². The lowest BCUT2D eigenvalue weighted by Gasteiger charge is -2.42. The van der Waals surface area contributed by atoms with E-state index in [9.17, 15) is 59.4 Å². The first-order chi connectivity index (χ1) is 38.0. The molecule has 2 aromatic heterocycles. The first kappa shape index (κ1) is 61.4. The molecule has 7 rings (SSSR count). The highest BCUT2D eigenvalue weighted by Gasteiger charge is 2.57. The number of alkyl halides is 8. The van der Waals surface area contributed by atoms with Crippen molar-refractivity contribution in [3.05, 3.63) is 101 Å². The summed E-state index contributed by atoms with van der Waals surface area (Å²) >= 11 is 0. The molecule has 2 bridgehead atoms. The van der Waals surface area contributed by atoms with Gasteiger partial charge in [-0.15, -0.1) is 0 Å². The summed E-state index contributed by atoms with van der Waals surface area (Å²) in [6.45, 7) is 2.46. The maximum Gasteiger partial charge on any atom is 0.407 e. The molecular weight excluding hydrogens is 1090 g/mol. The minimum absolute atomic E-state index is 0.155. The Labute approximate surface area is 458 Å². The highest BCUT2D eigenvalue weighted by molar-refractivity contribution is 5.87. The number of hydrazine groups is 1. The number of nitrogens with zero attached hydrogens (tertiary/aromatic N) is 6. The second-order valence-corrected chi connectivity index (χ2v) is 21.0. The van der Waals surface area contributed by atoms with Gasteiger partial charge < -0.3 is 40.2 Å². The number of benzene rings is 2. The number of aromatic nitrogens is 3. The van der Waals surface area contributed by atoms with Crippen LogP contribution in [0.5, 0.6) is 0 Å². The van der Waals surface area contributed by atoms with Crippen molar-refractivity contribution in [3.8, 4) is 23.1 Å². The van der Waals surface area contributed by atoms with Gasteiger partial charge in [-0.25, -0.2) is 37.1 Å². The summed E-state index contributed by atoms with van der Waals surface area (Å²) in [5, 5.41) is 22.4. The number of hydrogen-bond donors (Lipinski definition) is 5. The average molecular weight is 1160 g/mol. The highest BCUT2D eigenvalue weighted by atomic mass is 19.4. The lowest BCUT2D eigenvalue weighted by Crippen LogP contribution is -2.63. The van der Waals surface area contributed by atoms with Gasteiger partial charge in [-0.1, -0.05) is 24.0 Å².